The first-order valence-electron chi connectivity index (χ1n) is 14.4. The maximum atomic E-state index is 15.1. The quantitative estimate of drug-likeness (QED) is 0.256. The van der Waals surface area contributed by atoms with Crippen molar-refractivity contribution in [2.45, 2.75) is 50.5 Å². The van der Waals surface area contributed by atoms with Gasteiger partial charge in [-0.15, -0.1) is 0 Å². The number of piperidine rings is 1. The van der Waals surface area contributed by atoms with E-state index >= 15 is 4.39 Å². The van der Waals surface area contributed by atoms with Crippen LogP contribution in [-0.4, -0.2) is 56.3 Å². The van der Waals surface area contributed by atoms with Crippen molar-refractivity contribution in [2.75, 3.05) is 19.7 Å². The van der Waals surface area contributed by atoms with Crippen LogP contribution in [0.1, 0.15) is 64.3 Å². The van der Waals surface area contributed by atoms with Crippen LogP contribution in [0.2, 0.25) is 5.02 Å². The molecule has 3 aliphatic heterocycles. The molecule has 43 heavy (non-hydrogen) atoms. The normalized spacial score (nSPS) is 20.8. The van der Waals surface area contributed by atoms with Crippen molar-refractivity contribution in [3.63, 3.8) is 0 Å². The lowest BCUT2D eigenvalue weighted by Crippen LogP contribution is -2.35. The van der Waals surface area contributed by atoms with Crippen LogP contribution in [0, 0.1) is 5.82 Å². The zero-order valence-electron chi connectivity index (χ0n) is 23.2. The summed E-state index contributed by atoms with van der Waals surface area (Å²) in [5, 5.41) is 9.70. The lowest BCUT2D eigenvalue weighted by atomic mass is 9.87. The fraction of sp³-hybridized carbons (Fsp3) is 0.344. The van der Waals surface area contributed by atoms with Crippen molar-refractivity contribution < 1.29 is 28.2 Å². The second-order valence-corrected chi connectivity index (χ2v) is 11.7. The zero-order valence-corrected chi connectivity index (χ0v) is 23.9. The number of hydrogen-bond acceptors (Lipinski definition) is 6. The third-order valence-electron chi connectivity index (χ3n) is 8.56. The Bertz CT molecular complexity index is 1750. The largest absolute Gasteiger partial charge is 0.478 e. The highest BCUT2D eigenvalue weighted by molar-refractivity contribution is 6.30. The average molecular weight is 607 g/mol. The fourth-order valence-corrected chi connectivity index (χ4v) is 6.34. The summed E-state index contributed by atoms with van der Waals surface area (Å²) in [4.78, 5) is 23.1. The second-order valence-electron chi connectivity index (χ2n) is 11.3. The molecule has 0 aliphatic carbocycles. The van der Waals surface area contributed by atoms with Crippen LogP contribution in [0.15, 0.2) is 54.4 Å². The van der Waals surface area contributed by atoms with Gasteiger partial charge in [0, 0.05) is 22.8 Å². The Labute approximate surface area is 251 Å². The molecule has 0 amide bonds. The van der Waals surface area contributed by atoms with Crippen molar-refractivity contribution in [2.24, 2.45) is 0 Å². The van der Waals surface area contributed by atoms with Crippen molar-refractivity contribution >= 4 is 34.8 Å². The van der Waals surface area contributed by atoms with Gasteiger partial charge in [0.1, 0.15) is 28.7 Å². The maximum absolute atomic E-state index is 15.1. The average Bonchev–Trinajstić information content (AvgIpc) is 3.30. The lowest BCUT2D eigenvalue weighted by molar-refractivity contribution is -0.0593. The summed E-state index contributed by atoms with van der Waals surface area (Å²) in [6, 6.07) is 13.1. The van der Waals surface area contributed by atoms with E-state index in [1.165, 1.54) is 30.3 Å². The molecule has 222 valence electrons. The summed E-state index contributed by atoms with van der Waals surface area (Å²) in [6.45, 7) is 3.48. The third-order valence-corrected chi connectivity index (χ3v) is 8.80. The van der Waals surface area contributed by atoms with Crippen molar-refractivity contribution in [3.05, 3.63) is 93.4 Å². The van der Waals surface area contributed by atoms with Crippen LogP contribution in [0.3, 0.4) is 0 Å². The van der Waals surface area contributed by atoms with Gasteiger partial charge in [-0.05, 0) is 74.2 Å². The predicted molar refractivity (Wildman–Crippen MR) is 156 cm³/mol. The van der Waals surface area contributed by atoms with Gasteiger partial charge in [0.25, 0.3) is 0 Å². The van der Waals surface area contributed by atoms with Crippen LogP contribution in [-0.2, 0) is 17.8 Å². The highest BCUT2D eigenvalue weighted by Crippen LogP contribution is 2.45. The first-order valence-corrected chi connectivity index (χ1v) is 14.8. The molecule has 0 radical (unpaired) electrons. The third kappa shape index (κ3) is 5.39. The summed E-state index contributed by atoms with van der Waals surface area (Å²) < 4.78 is 43.6. The summed E-state index contributed by atoms with van der Waals surface area (Å²) in [5.74, 6) is -0.649. The number of imidazole rings is 1. The number of fused-ring (bicyclic) bond motifs is 2. The number of pyridine rings is 1. The van der Waals surface area contributed by atoms with Gasteiger partial charge >= 0.3 is 5.97 Å². The Morgan fingerprint density at radius 1 is 1.05 bits per heavy atom. The Balaban J connectivity index is 1.09. The Kier molecular flexibility index (Phi) is 7.36. The SMILES string of the molecule is O=C(O)c1ccc2nc(CN3CCC(c4cccc5c4O[C@H](c4ccc(Cl)cc4F)C(F)=C5)CC3)n(C[C@@H]3CCO3)c2n1. The van der Waals surface area contributed by atoms with Gasteiger partial charge in [0.15, 0.2) is 17.4 Å². The van der Waals surface area contributed by atoms with E-state index in [4.69, 9.17) is 26.1 Å². The molecule has 0 saturated carbocycles. The van der Waals surface area contributed by atoms with Gasteiger partial charge in [-0.3, -0.25) is 4.90 Å². The smallest absolute Gasteiger partial charge is 0.354 e. The Hall–Kier alpha value is -3.86. The highest BCUT2D eigenvalue weighted by atomic mass is 35.5. The number of aromatic carboxylic acids is 1. The number of nitrogens with zero attached hydrogens (tertiary/aromatic N) is 4. The van der Waals surface area contributed by atoms with E-state index in [-0.39, 0.29) is 28.3 Å². The van der Waals surface area contributed by atoms with Gasteiger partial charge < -0.3 is 19.1 Å². The number of carboxylic acid groups (broad SMARTS) is 1. The molecule has 3 aliphatic rings. The second kappa shape index (κ2) is 11.3. The summed E-state index contributed by atoms with van der Waals surface area (Å²) in [5.41, 5.74) is 2.94. The molecule has 4 aromatic rings. The molecule has 11 heteroatoms. The number of benzene rings is 2. The first kappa shape index (κ1) is 27.9. The van der Waals surface area contributed by atoms with E-state index in [2.05, 4.69) is 9.88 Å². The molecular weight excluding hydrogens is 578 g/mol. The molecule has 2 fully saturated rings. The fourth-order valence-electron chi connectivity index (χ4n) is 6.18. The minimum atomic E-state index is -1.17. The summed E-state index contributed by atoms with van der Waals surface area (Å²) in [6.07, 6.45) is 2.95. The number of carbonyl (C=O) groups is 1. The number of ether oxygens (including phenoxy) is 2. The van der Waals surface area contributed by atoms with E-state index < -0.39 is 23.7 Å². The summed E-state index contributed by atoms with van der Waals surface area (Å²) >= 11 is 5.91. The molecule has 0 unspecified atom stereocenters. The molecule has 2 aromatic carbocycles. The number of rotatable bonds is 7. The van der Waals surface area contributed by atoms with E-state index in [9.17, 15) is 14.3 Å². The zero-order chi connectivity index (χ0) is 29.7. The maximum Gasteiger partial charge on any atom is 0.354 e. The van der Waals surface area contributed by atoms with Gasteiger partial charge in [-0.1, -0.05) is 35.9 Å². The van der Waals surface area contributed by atoms with Crippen LogP contribution in [0.25, 0.3) is 17.2 Å². The molecule has 8 nitrogen and oxygen atoms in total. The predicted octanol–water partition coefficient (Wildman–Crippen LogP) is 6.53. The standard InChI is InChI=1S/C32H29ClF2N4O4/c33-20-4-5-23(24(34)15-20)30-25(35)14-19-2-1-3-22(29(19)43-30)18-8-11-38(12-9-18)17-28-36-26-6-7-27(32(40)41)37-31(26)39(28)16-21-10-13-42-21/h1-7,14-15,18,21,30H,8-13,16-17H2,(H,40,41)/t21-,30+/m0/s1. The minimum Gasteiger partial charge on any atom is -0.478 e. The number of aromatic nitrogens is 3. The van der Waals surface area contributed by atoms with E-state index in [1.54, 1.807) is 6.07 Å². The van der Waals surface area contributed by atoms with Crippen LogP contribution < -0.4 is 4.74 Å². The molecule has 1 N–H and O–H groups in total. The van der Waals surface area contributed by atoms with Gasteiger partial charge in [0.2, 0.25) is 0 Å². The topological polar surface area (TPSA) is 89.7 Å². The van der Waals surface area contributed by atoms with E-state index in [1.807, 2.05) is 22.8 Å². The molecular formula is C32H29ClF2N4O4. The number of para-hydroxylation sites is 1. The molecule has 2 atom stereocenters. The molecule has 5 heterocycles. The number of likely N-dealkylation sites (tertiary alicyclic amines) is 1. The van der Waals surface area contributed by atoms with E-state index in [0.717, 1.165) is 50.3 Å². The lowest BCUT2D eigenvalue weighted by Gasteiger charge is -2.34. The van der Waals surface area contributed by atoms with Crippen molar-refractivity contribution in [3.8, 4) is 5.75 Å². The Morgan fingerprint density at radius 2 is 1.86 bits per heavy atom. The minimum absolute atomic E-state index is 0.0141. The summed E-state index contributed by atoms with van der Waals surface area (Å²) in [7, 11) is 0. The molecule has 2 aromatic heterocycles. The van der Waals surface area contributed by atoms with Crippen molar-refractivity contribution in [1.29, 1.82) is 0 Å². The van der Waals surface area contributed by atoms with Crippen LogP contribution >= 0.6 is 11.6 Å². The van der Waals surface area contributed by atoms with Crippen LogP contribution in [0.5, 0.6) is 5.75 Å². The van der Waals surface area contributed by atoms with Gasteiger partial charge in [0.05, 0.1) is 19.2 Å². The number of carboxylic acids is 1. The molecule has 2 saturated heterocycles. The van der Waals surface area contributed by atoms with Crippen LogP contribution in [0.4, 0.5) is 8.78 Å². The molecule has 0 spiro atoms. The number of hydrogen-bond donors (Lipinski definition) is 1. The monoisotopic (exact) mass is 606 g/mol. The van der Waals surface area contributed by atoms with E-state index in [0.29, 0.717) is 35.6 Å². The van der Waals surface area contributed by atoms with Crippen molar-refractivity contribution in [1.82, 2.24) is 19.4 Å². The van der Waals surface area contributed by atoms with Gasteiger partial charge in [-0.2, -0.15) is 0 Å². The Morgan fingerprint density at radius 3 is 2.58 bits per heavy atom. The highest BCUT2D eigenvalue weighted by Gasteiger charge is 2.32. The van der Waals surface area contributed by atoms with Gasteiger partial charge in [-0.25, -0.2) is 23.5 Å². The number of halogens is 3. The first-order chi connectivity index (χ1) is 20.8. The molecule has 7 rings (SSSR count). The molecule has 0 bridgehead atoms.